The summed E-state index contributed by atoms with van der Waals surface area (Å²) in [7, 11) is 0. The van der Waals surface area contributed by atoms with Crippen LogP contribution in [0.3, 0.4) is 0 Å². The van der Waals surface area contributed by atoms with Gasteiger partial charge in [0.25, 0.3) is 0 Å². The first-order valence-corrected chi connectivity index (χ1v) is 4.51. The number of nitrogens with one attached hydrogen (secondary N) is 1. The highest BCUT2D eigenvalue weighted by Gasteiger charge is 2.50. The second-order valence-corrected chi connectivity index (χ2v) is 3.71. The fourth-order valence-corrected chi connectivity index (χ4v) is 1.77. The smallest absolute Gasteiger partial charge is 0.249 e. The number of amides is 1. The second kappa shape index (κ2) is 2.90. The summed E-state index contributed by atoms with van der Waals surface area (Å²) in [6.07, 6.45) is 0.364. The molecule has 2 rings (SSSR count). The molecule has 1 heterocycles. The third-order valence-electron chi connectivity index (χ3n) is 2.57. The molecule has 1 saturated heterocycles. The van der Waals surface area contributed by atoms with E-state index < -0.39 is 11.8 Å². The van der Waals surface area contributed by atoms with Crippen LogP contribution in [0.1, 0.15) is 19.3 Å². The third kappa shape index (κ3) is 1.65. The molecule has 0 radical (unpaired) electrons. The van der Waals surface area contributed by atoms with Crippen molar-refractivity contribution < 1.29 is 13.6 Å². The lowest BCUT2D eigenvalue weighted by Crippen LogP contribution is -2.49. The molecule has 2 aliphatic rings. The zero-order chi connectivity index (χ0) is 9.47. The number of alkyl halides is 2. The van der Waals surface area contributed by atoms with Crippen LogP contribution >= 0.6 is 0 Å². The number of rotatable bonds is 1. The lowest BCUT2D eigenvalue weighted by atomic mass is 9.80. The van der Waals surface area contributed by atoms with Crippen molar-refractivity contribution in [3.05, 3.63) is 0 Å². The number of hydrazine groups is 1. The molecule has 0 aromatic carbocycles. The molecule has 1 aliphatic heterocycles. The standard InChI is InChI=1S/C8H12F2N2O/c9-8(10)4-6(5-8)7(13)12-3-1-2-11-12/h6,11H,1-5H2. The molecular weight excluding hydrogens is 178 g/mol. The monoisotopic (exact) mass is 190 g/mol. The second-order valence-electron chi connectivity index (χ2n) is 3.71. The van der Waals surface area contributed by atoms with Crippen molar-refractivity contribution in [2.24, 2.45) is 5.92 Å². The Morgan fingerprint density at radius 3 is 2.62 bits per heavy atom. The van der Waals surface area contributed by atoms with Gasteiger partial charge in [0.05, 0.1) is 5.92 Å². The van der Waals surface area contributed by atoms with Crippen LogP contribution in [-0.2, 0) is 4.79 Å². The SMILES string of the molecule is O=C(C1CC(F)(F)C1)N1CCCN1. The van der Waals surface area contributed by atoms with Crippen LogP contribution in [-0.4, -0.2) is 29.9 Å². The van der Waals surface area contributed by atoms with E-state index in [4.69, 9.17) is 0 Å². The fraction of sp³-hybridized carbons (Fsp3) is 0.875. The molecule has 1 amide bonds. The number of carbonyl (C=O) groups is 1. The van der Waals surface area contributed by atoms with Crippen molar-refractivity contribution in [3.63, 3.8) is 0 Å². The maximum atomic E-state index is 12.4. The first kappa shape index (κ1) is 8.87. The zero-order valence-electron chi connectivity index (χ0n) is 7.22. The lowest BCUT2D eigenvalue weighted by molar-refractivity contribution is -0.161. The van der Waals surface area contributed by atoms with Gasteiger partial charge < -0.3 is 0 Å². The molecule has 0 aromatic rings. The molecule has 0 spiro atoms. The Balaban J connectivity index is 1.85. The van der Waals surface area contributed by atoms with E-state index in [2.05, 4.69) is 5.43 Å². The highest BCUT2D eigenvalue weighted by Crippen LogP contribution is 2.43. The van der Waals surface area contributed by atoms with Gasteiger partial charge in [-0.3, -0.25) is 9.80 Å². The lowest BCUT2D eigenvalue weighted by Gasteiger charge is -2.35. The van der Waals surface area contributed by atoms with Crippen molar-refractivity contribution in [1.82, 2.24) is 10.4 Å². The van der Waals surface area contributed by atoms with Gasteiger partial charge in [-0.05, 0) is 6.42 Å². The molecule has 0 atom stereocenters. The number of hydrogen-bond donors (Lipinski definition) is 1. The minimum absolute atomic E-state index is 0.163. The summed E-state index contributed by atoms with van der Waals surface area (Å²) in [4.78, 5) is 11.4. The van der Waals surface area contributed by atoms with Gasteiger partial charge in [0.2, 0.25) is 11.8 Å². The van der Waals surface area contributed by atoms with E-state index in [9.17, 15) is 13.6 Å². The van der Waals surface area contributed by atoms with Crippen LogP contribution < -0.4 is 5.43 Å². The zero-order valence-corrected chi connectivity index (χ0v) is 7.22. The molecule has 3 nitrogen and oxygen atoms in total. The molecule has 1 saturated carbocycles. The summed E-state index contributed by atoms with van der Waals surface area (Å²) in [6, 6.07) is 0. The van der Waals surface area contributed by atoms with E-state index in [1.54, 1.807) is 0 Å². The number of carbonyl (C=O) groups excluding carboxylic acids is 1. The Labute approximate surface area is 75.1 Å². The quantitative estimate of drug-likeness (QED) is 0.662. The predicted molar refractivity (Wildman–Crippen MR) is 42.0 cm³/mol. The minimum Gasteiger partial charge on any atom is -0.278 e. The van der Waals surface area contributed by atoms with Crippen molar-refractivity contribution in [2.75, 3.05) is 13.1 Å². The normalized spacial score (nSPS) is 27.4. The van der Waals surface area contributed by atoms with Gasteiger partial charge >= 0.3 is 0 Å². The van der Waals surface area contributed by atoms with Gasteiger partial charge in [0, 0.05) is 25.9 Å². The topological polar surface area (TPSA) is 32.3 Å². The average molecular weight is 190 g/mol. The Morgan fingerprint density at radius 2 is 2.15 bits per heavy atom. The molecule has 1 aliphatic carbocycles. The molecule has 74 valence electrons. The third-order valence-corrected chi connectivity index (χ3v) is 2.57. The average Bonchev–Trinajstić information content (AvgIpc) is 2.50. The maximum Gasteiger partial charge on any atom is 0.249 e. The molecule has 1 N–H and O–H groups in total. The van der Waals surface area contributed by atoms with Crippen LogP contribution in [0, 0.1) is 5.92 Å². The number of hydrogen-bond acceptors (Lipinski definition) is 2. The van der Waals surface area contributed by atoms with Gasteiger partial charge in [0.15, 0.2) is 0 Å². The minimum atomic E-state index is -2.60. The first-order valence-electron chi connectivity index (χ1n) is 4.51. The molecule has 5 heteroatoms. The van der Waals surface area contributed by atoms with E-state index >= 15 is 0 Å². The van der Waals surface area contributed by atoms with Gasteiger partial charge in [0.1, 0.15) is 0 Å². The summed E-state index contributed by atoms with van der Waals surface area (Å²) in [6.45, 7) is 1.43. The summed E-state index contributed by atoms with van der Waals surface area (Å²) < 4.78 is 24.9. The van der Waals surface area contributed by atoms with Crippen LogP contribution in [0.15, 0.2) is 0 Å². The Morgan fingerprint density at radius 1 is 1.46 bits per heavy atom. The number of halogens is 2. The molecule has 13 heavy (non-hydrogen) atoms. The van der Waals surface area contributed by atoms with Gasteiger partial charge in [-0.2, -0.15) is 0 Å². The van der Waals surface area contributed by atoms with Crippen LogP contribution in [0.4, 0.5) is 8.78 Å². The largest absolute Gasteiger partial charge is 0.278 e. The van der Waals surface area contributed by atoms with E-state index in [0.717, 1.165) is 13.0 Å². The molecule has 0 unspecified atom stereocenters. The van der Waals surface area contributed by atoms with Crippen LogP contribution in [0.2, 0.25) is 0 Å². The van der Waals surface area contributed by atoms with Crippen LogP contribution in [0.25, 0.3) is 0 Å². The van der Waals surface area contributed by atoms with E-state index in [0.29, 0.717) is 6.54 Å². The first-order chi connectivity index (χ1) is 6.08. The molecular formula is C8H12F2N2O. The van der Waals surface area contributed by atoms with Crippen molar-refractivity contribution in [3.8, 4) is 0 Å². The highest BCUT2D eigenvalue weighted by molar-refractivity contribution is 5.79. The summed E-state index contributed by atoms with van der Waals surface area (Å²) >= 11 is 0. The van der Waals surface area contributed by atoms with Crippen molar-refractivity contribution in [2.45, 2.75) is 25.2 Å². The summed E-state index contributed by atoms with van der Waals surface area (Å²) in [5, 5.41) is 1.47. The molecule has 0 aromatic heterocycles. The Hall–Kier alpha value is -0.710. The van der Waals surface area contributed by atoms with Gasteiger partial charge in [-0.25, -0.2) is 14.2 Å². The Bertz CT molecular complexity index is 218. The summed E-state index contributed by atoms with van der Waals surface area (Å²) in [5.41, 5.74) is 2.87. The molecule has 0 bridgehead atoms. The molecule has 2 fully saturated rings. The highest BCUT2D eigenvalue weighted by atomic mass is 19.3. The van der Waals surface area contributed by atoms with Crippen molar-refractivity contribution in [1.29, 1.82) is 0 Å². The number of nitrogens with zero attached hydrogens (tertiary/aromatic N) is 1. The fourth-order valence-electron chi connectivity index (χ4n) is 1.77. The van der Waals surface area contributed by atoms with Crippen molar-refractivity contribution >= 4 is 5.91 Å². The van der Waals surface area contributed by atoms with E-state index in [-0.39, 0.29) is 18.7 Å². The van der Waals surface area contributed by atoms with Gasteiger partial charge in [-0.1, -0.05) is 0 Å². The van der Waals surface area contributed by atoms with Crippen LogP contribution in [0.5, 0.6) is 0 Å². The maximum absolute atomic E-state index is 12.4. The van der Waals surface area contributed by atoms with Gasteiger partial charge in [-0.15, -0.1) is 0 Å². The van der Waals surface area contributed by atoms with E-state index in [1.807, 2.05) is 0 Å². The Kier molecular flexibility index (Phi) is 1.98. The predicted octanol–water partition coefficient (Wildman–Crippen LogP) is 0.769. The summed E-state index contributed by atoms with van der Waals surface area (Å²) in [5.74, 6) is -3.22. The van der Waals surface area contributed by atoms with E-state index in [1.165, 1.54) is 5.01 Å².